The minimum Gasteiger partial charge on any atom is -0.465 e. The van der Waals surface area contributed by atoms with Crippen molar-refractivity contribution < 1.29 is 18.7 Å². The lowest BCUT2D eigenvalue weighted by atomic mass is 10.2. The first-order chi connectivity index (χ1) is 11.9. The Bertz CT molecular complexity index is 801. The third-order valence-corrected chi connectivity index (χ3v) is 4.71. The zero-order chi connectivity index (χ0) is 18.4. The third kappa shape index (κ3) is 5.63. The number of hydrogen-bond donors (Lipinski definition) is 1. The molecule has 0 aliphatic rings. The monoisotopic (exact) mass is 401 g/mol. The van der Waals surface area contributed by atoms with E-state index < -0.39 is 11.8 Å². The van der Waals surface area contributed by atoms with Gasteiger partial charge in [0.2, 0.25) is 5.91 Å². The van der Waals surface area contributed by atoms with Crippen LogP contribution in [0.2, 0.25) is 10.0 Å². The lowest BCUT2D eigenvalue weighted by Crippen LogP contribution is -2.15. The Kier molecular flexibility index (Phi) is 7.11. The first kappa shape index (κ1) is 19.6. The zero-order valence-electron chi connectivity index (χ0n) is 13.1. The molecule has 0 unspecified atom stereocenters. The van der Waals surface area contributed by atoms with Gasteiger partial charge >= 0.3 is 5.97 Å². The van der Waals surface area contributed by atoms with E-state index in [1.807, 2.05) is 0 Å². The molecule has 0 fully saturated rings. The lowest BCUT2D eigenvalue weighted by Gasteiger charge is -2.09. The van der Waals surface area contributed by atoms with Crippen LogP contribution in [-0.2, 0) is 15.3 Å². The fraction of sp³-hybridized carbons (Fsp3) is 0.176. The Labute approximate surface area is 158 Å². The van der Waals surface area contributed by atoms with Crippen LogP contribution in [0.25, 0.3) is 0 Å². The maximum Gasteiger partial charge on any atom is 0.337 e. The normalized spacial score (nSPS) is 10.4. The van der Waals surface area contributed by atoms with Gasteiger partial charge in [-0.25, -0.2) is 9.18 Å². The quantitative estimate of drug-likeness (QED) is 0.706. The molecule has 1 amide bonds. The predicted molar refractivity (Wildman–Crippen MR) is 99.0 cm³/mol. The first-order valence-corrected chi connectivity index (χ1v) is 9.01. The molecule has 132 valence electrons. The number of methoxy groups -OCH3 is 1. The van der Waals surface area contributed by atoms with E-state index in [0.29, 0.717) is 27.0 Å². The summed E-state index contributed by atoms with van der Waals surface area (Å²) in [5.41, 5.74) is 1.05. The Morgan fingerprint density at radius 1 is 1.20 bits per heavy atom. The number of ether oxygens (including phenoxy) is 1. The van der Waals surface area contributed by atoms with Gasteiger partial charge in [0, 0.05) is 10.8 Å². The van der Waals surface area contributed by atoms with Gasteiger partial charge in [0.25, 0.3) is 0 Å². The van der Waals surface area contributed by atoms with E-state index >= 15 is 0 Å². The Hall–Kier alpha value is -1.76. The number of anilines is 1. The van der Waals surface area contributed by atoms with Gasteiger partial charge in [-0.3, -0.25) is 4.79 Å². The largest absolute Gasteiger partial charge is 0.465 e. The average molecular weight is 402 g/mol. The topological polar surface area (TPSA) is 55.4 Å². The van der Waals surface area contributed by atoms with Crippen LogP contribution in [-0.4, -0.2) is 24.7 Å². The summed E-state index contributed by atoms with van der Waals surface area (Å²) in [7, 11) is 1.27. The summed E-state index contributed by atoms with van der Waals surface area (Å²) in [6.07, 6.45) is 0. The van der Waals surface area contributed by atoms with Crippen LogP contribution in [0.15, 0.2) is 36.4 Å². The van der Waals surface area contributed by atoms with Gasteiger partial charge in [-0.2, -0.15) is 0 Å². The molecule has 2 aromatic rings. The molecule has 0 aliphatic heterocycles. The van der Waals surface area contributed by atoms with Gasteiger partial charge in [0.05, 0.1) is 29.1 Å². The van der Waals surface area contributed by atoms with Gasteiger partial charge in [-0.15, -0.1) is 11.8 Å². The SMILES string of the molecule is COC(=O)c1ccc(Cl)c(NC(=O)CSCc2ccc(Cl)cc2F)c1. The molecule has 2 rings (SSSR count). The predicted octanol–water partition coefficient (Wildman–Crippen LogP) is 4.79. The molecule has 4 nitrogen and oxygen atoms in total. The van der Waals surface area contributed by atoms with Gasteiger partial charge < -0.3 is 10.1 Å². The molecule has 1 N–H and O–H groups in total. The summed E-state index contributed by atoms with van der Waals surface area (Å²) in [4.78, 5) is 23.5. The van der Waals surface area contributed by atoms with Crippen molar-refractivity contribution in [2.45, 2.75) is 5.75 Å². The molecule has 0 saturated heterocycles. The number of amides is 1. The summed E-state index contributed by atoms with van der Waals surface area (Å²) >= 11 is 13.0. The number of hydrogen-bond acceptors (Lipinski definition) is 4. The third-order valence-electron chi connectivity index (χ3n) is 3.17. The number of rotatable bonds is 6. The Morgan fingerprint density at radius 2 is 1.96 bits per heavy atom. The number of benzene rings is 2. The number of carbonyl (C=O) groups excluding carboxylic acids is 2. The highest BCUT2D eigenvalue weighted by Gasteiger charge is 2.12. The molecule has 8 heteroatoms. The molecule has 0 atom stereocenters. The number of thioether (sulfide) groups is 1. The maximum absolute atomic E-state index is 13.7. The van der Waals surface area contributed by atoms with Crippen molar-refractivity contribution in [2.75, 3.05) is 18.2 Å². The molecule has 0 aliphatic carbocycles. The van der Waals surface area contributed by atoms with Crippen molar-refractivity contribution >= 4 is 52.5 Å². The second kappa shape index (κ2) is 9.08. The van der Waals surface area contributed by atoms with Crippen LogP contribution in [0.5, 0.6) is 0 Å². The Morgan fingerprint density at radius 3 is 2.64 bits per heavy atom. The highest BCUT2D eigenvalue weighted by atomic mass is 35.5. The second-order valence-corrected chi connectivity index (χ2v) is 6.79. The summed E-state index contributed by atoms with van der Waals surface area (Å²) in [5, 5.41) is 3.25. The first-order valence-electron chi connectivity index (χ1n) is 7.10. The van der Waals surface area contributed by atoms with Crippen LogP contribution in [0.1, 0.15) is 15.9 Å². The van der Waals surface area contributed by atoms with Crippen molar-refractivity contribution in [3.05, 3.63) is 63.4 Å². The van der Waals surface area contributed by atoms with Crippen LogP contribution >= 0.6 is 35.0 Å². The van der Waals surface area contributed by atoms with Crippen molar-refractivity contribution in [2.24, 2.45) is 0 Å². The fourth-order valence-corrected chi connectivity index (χ4v) is 3.08. The second-order valence-electron chi connectivity index (χ2n) is 4.96. The van der Waals surface area contributed by atoms with Crippen LogP contribution in [0, 0.1) is 5.82 Å². The lowest BCUT2D eigenvalue weighted by molar-refractivity contribution is -0.113. The van der Waals surface area contributed by atoms with Gasteiger partial charge in [-0.1, -0.05) is 29.3 Å². The molecule has 0 aromatic heterocycles. The van der Waals surface area contributed by atoms with E-state index in [9.17, 15) is 14.0 Å². The molecular formula is C17H14Cl2FNO3S. The molecule has 0 saturated carbocycles. The van der Waals surface area contributed by atoms with Crippen molar-refractivity contribution in [1.82, 2.24) is 0 Å². The van der Waals surface area contributed by atoms with Crippen molar-refractivity contribution in [3.8, 4) is 0 Å². The molecular weight excluding hydrogens is 388 g/mol. The minimum absolute atomic E-state index is 0.0981. The smallest absolute Gasteiger partial charge is 0.337 e. The van der Waals surface area contributed by atoms with E-state index in [-0.39, 0.29) is 17.2 Å². The highest BCUT2D eigenvalue weighted by Crippen LogP contribution is 2.24. The average Bonchev–Trinajstić information content (AvgIpc) is 2.58. The zero-order valence-corrected chi connectivity index (χ0v) is 15.5. The molecule has 25 heavy (non-hydrogen) atoms. The minimum atomic E-state index is -0.528. The van der Waals surface area contributed by atoms with E-state index in [2.05, 4.69) is 10.1 Å². The Balaban J connectivity index is 1.93. The number of carbonyl (C=O) groups is 2. The highest BCUT2D eigenvalue weighted by molar-refractivity contribution is 7.99. The molecule has 0 spiro atoms. The number of halogens is 3. The van der Waals surface area contributed by atoms with E-state index in [1.165, 1.54) is 43.1 Å². The standard InChI is InChI=1S/C17H14Cl2FNO3S/c1-24-17(23)10-3-5-13(19)15(6-10)21-16(22)9-25-8-11-2-4-12(18)7-14(11)20/h2-7H,8-9H2,1H3,(H,21,22). The molecule has 2 aromatic carbocycles. The molecule has 0 heterocycles. The van der Waals surface area contributed by atoms with Gasteiger partial charge in [0.1, 0.15) is 5.82 Å². The van der Waals surface area contributed by atoms with Crippen molar-refractivity contribution in [3.63, 3.8) is 0 Å². The van der Waals surface area contributed by atoms with Crippen LogP contribution in [0.4, 0.5) is 10.1 Å². The summed E-state index contributed by atoms with van der Waals surface area (Å²) < 4.78 is 18.3. The number of esters is 1. The summed E-state index contributed by atoms with van der Waals surface area (Å²) in [6, 6.07) is 8.85. The summed E-state index contributed by atoms with van der Waals surface area (Å²) in [6.45, 7) is 0. The van der Waals surface area contributed by atoms with E-state index in [0.717, 1.165) is 0 Å². The van der Waals surface area contributed by atoms with E-state index in [4.69, 9.17) is 23.2 Å². The van der Waals surface area contributed by atoms with Crippen LogP contribution in [0.3, 0.4) is 0 Å². The van der Waals surface area contributed by atoms with Gasteiger partial charge in [-0.05, 0) is 35.9 Å². The van der Waals surface area contributed by atoms with Crippen molar-refractivity contribution in [1.29, 1.82) is 0 Å². The molecule has 0 bridgehead atoms. The number of nitrogens with one attached hydrogen (secondary N) is 1. The molecule has 0 radical (unpaired) electrons. The van der Waals surface area contributed by atoms with Gasteiger partial charge in [0.15, 0.2) is 0 Å². The van der Waals surface area contributed by atoms with E-state index in [1.54, 1.807) is 12.1 Å². The maximum atomic E-state index is 13.7. The van der Waals surface area contributed by atoms with Crippen LogP contribution < -0.4 is 5.32 Å². The summed E-state index contributed by atoms with van der Waals surface area (Å²) in [5.74, 6) is -0.829. The fourth-order valence-electron chi connectivity index (χ4n) is 1.94.